The molecule has 0 aliphatic carbocycles. The standard InChI is InChI=1S/C39H27N9O17S5/c49-36-32-20(17-31(70(63,64)65)34(36)48-46-28-18-23(67(54,55)56)15-19-14-22(66(51,52)53)12-13-24(19)28)16-30(69(60,61)62)33(47-45-27-10-4-9-26-25(27)8-5-11-29(26)68(57,58)59)35(32)41-38-42-37(43-39(50)44-38)40-21-6-2-1-3-7-21/h1-18,49H,(H,51,52,53)(H,54,55,56)(H,57,58,59)(H,60,61,62)(H,63,64,65)(H3,40,41,42,43,44,50)/b47-45+,48-46+. The summed E-state index contributed by atoms with van der Waals surface area (Å²) in [6.45, 7) is 0. The minimum Gasteiger partial charge on any atom is -0.505 e. The van der Waals surface area contributed by atoms with Crippen LogP contribution >= 0.6 is 0 Å². The van der Waals surface area contributed by atoms with E-state index in [2.05, 4.69) is 46.0 Å². The Balaban J connectivity index is 1.44. The number of hydrogen-bond donors (Lipinski definition) is 9. The number of azo groups is 2. The fourth-order valence-corrected chi connectivity index (χ4v) is 9.99. The van der Waals surface area contributed by atoms with Crippen LogP contribution in [0.2, 0.25) is 0 Å². The predicted octanol–water partition coefficient (Wildman–Crippen LogP) is 7.29. The minimum atomic E-state index is -5.55. The molecule has 0 radical (unpaired) electrons. The van der Waals surface area contributed by atoms with E-state index < -0.39 is 126 Å². The van der Waals surface area contributed by atoms with Gasteiger partial charge >= 0.3 is 6.01 Å². The van der Waals surface area contributed by atoms with Gasteiger partial charge in [-0.05, 0) is 71.4 Å². The number of aromatic nitrogens is 3. The van der Waals surface area contributed by atoms with Gasteiger partial charge in [-0.15, -0.1) is 20.5 Å². The summed E-state index contributed by atoms with van der Waals surface area (Å²) < 4.78 is 176. The lowest BCUT2D eigenvalue weighted by atomic mass is 10.0. The Hall–Kier alpha value is -7.72. The van der Waals surface area contributed by atoms with E-state index in [4.69, 9.17) is 0 Å². The topological polar surface area (TPSA) is 424 Å². The molecule has 8 rings (SSSR count). The first-order valence-electron chi connectivity index (χ1n) is 18.9. The Labute approximate surface area is 393 Å². The van der Waals surface area contributed by atoms with Crippen molar-refractivity contribution in [2.24, 2.45) is 20.5 Å². The Morgan fingerprint density at radius 1 is 0.429 bits per heavy atom. The lowest BCUT2D eigenvalue weighted by Crippen LogP contribution is -2.07. The average Bonchev–Trinajstić information content (AvgIpc) is 3.26. The largest absolute Gasteiger partial charge is 0.505 e. The zero-order valence-electron chi connectivity index (χ0n) is 34.3. The van der Waals surface area contributed by atoms with Crippen molar-refractivity contribution in [2.75, 3.05) is 10.6 Å². The molecule has 31 heteroatoms. The van der Waals surface area contributed by atoms with Gasteiger partial charge < -0.3 is 20.8 Å². The normalized spacial score (nSPS) is 12.9. The van der Waals surface area contributed by atoms with E-state index in [0.29, 0.717) is 23.9 Å². The molecule has 0 spiro atoms. The van der Waals surface area contributed by atoms with E-state index in [1.54, 1.807) is 30.3 Å². The SMILES string of the molecule is O=S(=O)(O)c1ccc2c(/N=N/c3c(S(=O)(=O)O)cc4cc(S(=O)(=O)O)c(/N=N/c5cccc6c(S(=O)(=O)O)cccc56)c(Nc5nc(O)nc(Nc6ccccc6)n5)c4c3O)cc(S(=O)(=O)O)cc2c1. The van der Waals surface area contributed by atoms with E-state index in [1.165, 1.54) is 30.3 Å². The predicted molar refractivity (Wildman–Crippen MR) is 245 cm³/mol. The fraction of sp³-hybridized carbons (Fsp3) is 0. The summed E-state index contributed by atoms with van der Waals surface area (Å²) >= 11 is 0. The van der Waals surface area contributed by atoms with Crippen LogP contribution in [0.5, 0.6) is 11.8 Å². The molecule has 0 unspecified atom stereocenters. The van der Waals surface area contributed by atoms with Crippen LogP contribution in [-0.4, -0.2) is 90.0 Å². The molecule has 0 saturated heterocycles. The first-order valence-corrected chi connectivity index (χ1v) is 26.1. The highest BCUT2D eigenvalue weighted by Crippen LogP contribution is 2.51. The van der Waals surface area contributed by atoms with Gasteiger partial charge in [0.25, 0.3) is 50.6 Å². The molecule has 9 N–H and O–H groups in total. The van der Waals surface area contributed by atoms with Gasteiger partial charge in [-0.1, -0.05) is 48.5 Å². The van der Waals surface area contributed by atoms with Crippen LogP contribution in [-0.2, 0) is 50.6 Å². The molecule has 26 nitrogen and oxygen atoms in total. The van der Waals surface area contributed by atoms with Gasteiger partial charge in [0.2, 0.25) is 11.9 Å². The number of nitrogens with one attached hydrogen (secondary N) is 2. The van der Waals surface area contributed by atoms with Crippen LogP contribution in [0.25, 0.3) is 32.3 Å². The lowest BCUT2D eigenvalue weighted by molar-refractivity contribution is 0.430. The highest BCUT2D eigenvalue weighted by atomic mass is 32.2. The molecular formula is C39H27N9O17S5. The number of phenolic OH excluding ortho intramolecular Hbond substituents is 1. The zero-order chi connectivity index (χ0) is 50.7. The van der Waals surface area contributed by atoms with Crippen molar-refractivity contribution in [3.05, 3.63) is 109 Å². The monoisotopic (exact) mass is 1050 g/mol. The number of phenols is 1. The van der Waals surface area contributed by atoms with Crippen LogP contribution in [0.1, 0.15) is 0 Å². The molecule has 7 aromatic carbocycles. The van der Waals surface area contributed by atoms with E-state index in [1.807, 2.05) is 0 Å². The third-order valence-electron chi connectivity index (χ3n) is 9.85. The van der Waals surface area contributed by atoms with Crippen molar-refractivity contribution in [1.29, 1.82) is 0 Å². The van der Waals surface area contributed by atoms with Crippen LogP contribution in [0.4, 0.5) is 46.0 Å². The Bertz CT molecular complexity index is 4180. The number of benzene rings is 7. The van der Waals surface area contributed by atoms with Crippen LogP contribution < -0.4 is 10.6 Å². The lowest BCUT2D eigenvalue weighted by Gasteiger charge is -2.17. The van der Waals surface area contributed by atoms with Gasteiger partial charge in [-0.2, -0.15) is 57.0 Å². The van der Waals surface area contributed by atoms with Crippen molar-refractivity contribution < 1.29 is 75.1 Å². The van der Waals surface area contributed by atoms with Gasteiger partial charge in [-0.3, -0.25) is 22.8 Å². The molecular weight excluding hydrogens is 1030 g/mol. The summed E-state index contributed by atoms with van der Waals surface area (Å²) in [5.41, 5.74) is -3.25. The number of anilines is 4. The highest BCUT2D eigenvalue weighted by Gasteiger charge is 2.30. The number of fused-ring (bicyclic) bond motifs is 3. The van der Waals surface area contributed by atoms with Crippen molar-refractivity contribution in [3.63, 3.8) is 0 Å². The summed E-state index contributed by atoms with van der Waals surface area (Å²) in [7, 11) is -25.9. The molecule has 0 aliphatic heterocycles. The summed E-state index contributed by atoms with van der Waals surface area (Å²) in [5, 5.41) is 42.1. The molecule has 0 fully saturated rings. The van der Waals surface area contributed by atoms with E-state index in [0.717, 1.165) is 30.3 Å². The van der Waals surface area contributed by atoms with Crippen molar-refractivity contribution in [3.8, 4) is 11.8 Å². The summed E-state index contributed by atoms with van der Waals surface area (Å²) in [6.07, 6.45) is 0. The second-order valence-corrected chi connectivity index (χ2v) is 21.4. The van der Waals surface area contributed by atoms with E-state index >= 15 is 0 Å². The minimum absolute atomic E-state index is 0.0206. The average molecular weight is 1050 g/mol. The molecule has 0 aliphatic rings. The Morgan fingerprint density at radius 3 is 1.61 bits per heavy atom. The van der Waals surface area contributed by atoms with Gasteiger partial charge in [0, 0.05) is 21.8 Å². The van der Waals surface area contributed by atoms with E-state index in [-0.39, 0.29) is 33.2 Å². The number of hydrogen-bond acceptors (Lipinski definition) is 21. The summed E-state index contributed by atoms with van der Waals surface area (Å²) in [4.78, 5) is 7.09. The van der Waals surface area contributed by atoms with Crippen LogP contribution in [0.3, 0.4) is 0 Å². The quantitative estimate of drug-likeness (QED) is 0.0404. The maximum atomic E-state index is 13.2. The molecule has 70 heavy (non-hydrogen) atoms. The smallest absolute Gasteiger partial charge is 0.320 e. The third-order valence-corrected chi connectivity index (χ3v) is 14.2. The fourth-order valence-electron chi connectivity index (χ4n) is 6.91. The maximum Gasteiger partial charge on any atom is 0.320 e. The molecule has 0 amide bonds. The molecule has 0 bridgehead atoms. The van der Waals surface area contributed by atoms with Gasteiger partial charge in [0.05, 0.1) is 32.2 Å². The molecule has 360 valence electrons. The molecule has 8 aromatic rings. The first-order chi connectivity index (χ1) is 32.7. The van der Waals surface area contributed by atoms with Crippen molar-refractivity contribution in [2.45, 2.75) is 24.5 Å². The Morgan fingerprint density at radius 2 is 0.986 bits per heavy atom. The third kappa shape index (κ3) is 10.0. The number of nitrogens with zero attached hydrogens (tertiary/aromatic N) is 7. The molecule has 0 atom stereocenters. The number of para-hydroxylation sites is 1. The van der Waals surface area contributed by atoms with Crippen LogP contribution in [0.15, 0.2) is 154 Å². The number of rotatable bonds is 13. The summed E-state index contributed by atoms with van der Waals surface area (Å²) in [6, 6.07) is 20.0. The zero-order valence-corrected chi connectivity index (χ0v) is 38.4. The van der Waals surface area contributed by atoms with Gasteiger partial charge in [0.1, 0.15) is 26.1 Å². The van der Waals surface area contributed by atoms with Crippen molar-refractivity contribution >= 4 is 129 Å². The highest BCUT2D eigenvalue weighted by molar-refractivity contribution is 7.87. The first kappa shape index (κ1) is 48.7. The second kappa shape index (κ2) is 17.7. The van der Waals surface area contributed by atoms with E-state index in [9.17, 15) is 75.1 Å². The molecule has 1 aromatic heterocycles. The molecule has 1 heterocycles. The van der Waals surface area contributed by atoms with Crippen molar-refractivity contribution in [1.82, 2.24) is 15.0 Å². The molecule has 0 saturated carbocycles. The van der Waals surface area contributed by atoms with Crippen LogP contribution in [0, 0.1) is 0 Å². The van der Waals surface area contributed by atoms with Gasteiger partial charge in [-0.25, -0.2) is 0 Å². The summed E-state index contributed by atoms with van der Waals surface area (Å²) in [5.74, 6) is -2.32. The second-order valence-electron chi connectivity index (χ2n) is 14.4. The number of aromatic hydroxyl groups is 2. The van der Waals surface area contributed by atoms with Gasteiger partial charge in [0.15, 0.2) is 5.75 Å². The Kier molecular flexibility index (Phi) is 12.3. The maximum absolute atomic E-state index is 13.2.